The molecule has 1 aromatic rings. The number of carboxylic acids is 1. The zero-order valence-electron chi connectivity index (χ0n) is 10.7. The molecule has 1 rings (SSSR count). The molecule has 0 aliphatic rings. The first-order chi connectivity index (χ1) is 7.87. The van der Waals surface area contributed by atoms with Gasteiger partial charge in [0.2, 0.25) is 0 Å². The fraction of sp³-hybridized carbons (Fsp3) is 0.500. The maximum atomic E-state index is 10.8. The van der Waals surface area contributed by atoms with E-state index in [1.54, 1.807) is 0 Å². The van der Waals surface area contributed by atoms with Gasteiger partial charge in [-0.3, -0.25) is 4.79 Å². The molecule has 3 nitrogen and oxygen atoms in total. The highest BCUT2D eigenvalue weighted by molar-refractivity contribution is 5.67. The average Bonchev–Trinajstić information content (AvgIpc) is 2.15. The summed E-state index contributed by atoms with van der Waals surface area (Å²) in [6.07, 6.45) is 0.885. The lowest BCUT2D eigenvalue weighted by atomic mass is 9.99. The molecule has 17 heavy (non-hydrogen) atoms. The largest absolute Gasteiger partial charge is 0.481 e. The topological polar surface area (TPSA) is 49.3 Å². The number of hydrogen-bond donors (Lipinski definition) is 2. The third kappa shape index (κ3) is 6.07. The smallest absolute Gasteiger partial charge is 0.304 e. The lowest BCUT2D eigenvalue weighted by Gasteiger charge is -2.27. The highest BCUT2D eigenvalue weighted by Gasteiger charge is 2.19. The van der Waals surface area contributed by atoms with Crippen LogP contribution in [-0.4, -0.2) is 22.7 Å². The van der Waals surface area contributed by atoms with Gasteiger partial charge in [-0.1, -0.05) is 30.3 Å². The highest BCUT2D eigenvalue weighted by atomic mass is 16.4. The molecule has 0 bridgehead atoms. The lowest BCUT2D eigenvalue weighted by molar-refractivity contribution is -0.137. The predicted molar refractivity (Wildman–Crippen MR) is 69.1 cm³/mol. The van der Waals surface area contributed by atoms with E-state index in [4.69, 9.17) is 5.11 Å². The minimum atomic E-state index is -0.761. The summed E-state index contributed by atoms with van der Waals surface area (Å²) in [6, 6.07) is 9.94. The maximum absolute atomic E-state index is 10.8. The average molecular weight is 235 g/mol. The summed E-state index contributed by atoms with van der Waals surface area (Å²) in [7, 11) is 0. The molecule has 94 valence electrons. The van der Waals surface area contributed by atoms with Crippen LogP contribution in [0, 0.1) is 0 Å². The molecule has 0 spiro atoms. The molecule has 2 N–H and O–H groups in total. The first kappa shape index (κ1) is 13.7. The van der Waals surface area contributed by atoms with Crippen molar-refractivity contribution in [2.45, 2.75) is 45.2 Å². The normalized spacial score (nSPS) is 13.4. The van der Waals surface area contributed by atoms with E-state index in [-0.39, 0.29) is 18.0 Å². The second kappa shape index (κ2) is 5.82. The molecule has 1 aromatic carbocycles. The summed E-state index contributed by atoms with van der Waals surface area (Å²) in [6.45, 7) is 6.15. The van der Waals surface area contributed by atoms with Crippen molar-refractivity contribution in [1.29, 1.82) is 0 Å². The van der Waals surface area contributed by atoms with E-state index in [0.717, 1.165) is 12.0 Å². The fourth-order valence-corrected chi connectivity index (χ4v) is 1.90. The fourth-order valence-electron chi connectivity index (χ4n) is 1.90. The van der Waals surface area contributed by atoms with Gasteiger partial charge < -0.3 is 10.4 Å². The summed E-state index contributed by atoms with van der Waals surface area (Å²) < 4.78 is 0. The minimum absolute atomic E-state index is 0.0325. The van der Waals surface area contributed by atoms with Gasteiger partial charge in [0, 0.05) is 11.6 Å². The Hall–Kier alpha value is -1.35. The quantitative estimate of drug-likeness (QED) is 0.824. The summed E-state index contributed by atoms with van der Waals surface area (Å²) in [5, 5.41) is 12.3. The Balaban J connectivity index is 2.67. The Morgan fingerprint density at radius 3 is 2.35 bits per heavy atom. The predicted octanol–water partition coefficient (Wildman–Crippen LogP) is 2.46. The third-order valence-electron chi connectivity index (χ3n) is 2.38. The summed E-state index contributed by atoms with van der Waals surface area (Å²) in [5.74, 6) is -0.761. The Morgan fingerprint density at radius 1 is 1.29 bits per heavy atom. The number of carbonyl (C=O) groups is 1. The van der Waals surface area contributed by atoms with Crippen molar-refractivity contribution < 1.29 is 9.90 Å². The van der Waals surface area contributed by atoms with Gasteiger partial charge in [0.1, 0.15) is 0 Å². The molecule has 3 heteroatoms. The molecule has 0 radical (unpaired) electrons. The SMILES string of the molecule is CC(C)(C)N[C@@H](CC(=O)O)Cc1ccccc1. The van der Waals surface area contributed by atoms with Crippen LogP contribution in [0.5, 0.6) is 0 Å². The van der Waals surface area contributed by atoms with Gasteiger partial charge in [-0.25, -0.2) is 0 Å². The van der Waals surface area contributed by atoms with Gasteiger partial charge >= 0.3 is 5.97 Å². The van der Waals surface area contributed by atoms with Crippen molar-refractivity contribution in [2.24, 2.45) is 0 Å². The number of rotatable bonds is 5. The van der Waals surface area contributed by atoms with Gasteiger partial charge in [-0.05, 0) is 32.8 Å². The van der Waals surface area contributed by atoms with Crippen LogP contribution < -0.4 is 5.32 Å². The second-order valence-electron chi connectivity index (χ2n) is 5.38. The van der Waals surface area contributed by atoms with Gasteiger partial charge in [0.05, 0.1) is 6.42 Å². The Kier molecular flexibility index (Phi) is 4.70. The third-order valence-corrected chi connectivity index (χ3v) is 2.38. The van der Waals surface area contributed by atoms with Crippen LogP contribution in [0.2, 0.25) is 0 Å². The zero-order valence-corrected chi connectivity index (χ0v) is 10.7. The molecule has 0 fully saturated rings. The van der Waals surface area contributed by atoms with E-state index in [2.05, 4.69) is 5.32 Å². The van der Waals surface area contributed by atoms with Crippen LogP contribution in [-0.2, 0) is 11.2 Å². The van der Waals surface area contributed by atoms with Crippen LogP contribution in [0.1, 0.15) is 32.8 Å². The second-order valence-corrected chi connectivity index (χ2v) is 5.38. The molecular weight excluding hydrogens is 214 g/mol. The van der Waals surface area contributed by atoms with Crippen molar-refractivity contribution in [2.75, 3.05) is 0 Å². The van der Waals surface area contributed by atoms with Gasteiger partial charge in [-0.2, -0.15) is 0 Å². The molecule has 0 aromatic heterocycles. The molecule has 0 amide bonds. The van der Waals surface area contributed by atoms with E-state index in [0.29, 0.717) is 0 Å². The van der Waals surface area contributed by atoms with E-state index in [1.165, 1.54) is 0 Å². The van der Waals surface area contributed by atoms with Crippen LogP contribution in [0.15, 0.2) is 30.3 Å². The van der Waals surface area contributed by atoms with Crippen molar-refractivity contribution in [3.63, 3.8) is 0 Å². The summed E-state index contributed by atoms with van der Waals surface area (Å²) in [5.41, 5.74) is 1.09. The summed E-state index contributed by atoms with van der Waals surface area (Å²) in [4.78, 5) is 10.8. The first-order valence-electron chi connectivity index (χ1n) is 5.90. The lowest BCUT2D eigenvalue weighted by Crippen LogP contribution is -2.45. The van der Waals surface area contributed by atoms with Gasteiger partial charge in [0.25, 0.3) is 0 Å². The number of hydrogen-bond acceptors (Lipinski definition) is 2. The Bertz CT molecular complexity index is 354. The molecule has 0 unspecified atom stereocenters. The van der Waals surface area contributed by atoms with Crippen molar-refractivity contribution >= 4 is 5.97 Å². The molecule has 0 aliphatic heterocycles. The standard InChI is InChI=1S/C14H21NO2/c1-14(2,3)15-12(10-13(16)17)9-11-7-5-4-6-8-11/h4-8,12,15H,9-10H2,1-3H3,(H,16,17)/t12-/m1/s1. The minimum Gasteiger partial charge on any atom is -0.481 e. The molecule has 0 aliphatic carbocycles. The molecular formula is C14H21NO2. The Labute approximate surface area is 103 Å². The number of benzene rings is 1. The van der Waals surface area contributed by atoms with Gasteiger partial charge in [-0.15, -0.1) is 0 Å². The van der Waals surface area contributed by atoms with E-state index in [1.807, 2.05) is 51.1 Å². The van der Waals surface area contributed by atoms with E-state index >= 15 is 0 Å². The first-order valence-corrected chi connectivity index (χ1v) is 5.90. The molecule has 0 heterocycles. The maximum Gasteiger partial charge on any atom is 0.304 e. The van der Waals surface area contributed by atoms with Crippen LogP contribution in [0.25, 0.3) is 0 Å². The van der Waals surface area contributed by atoms with Gasteiger partial charge in [0.15, 0.2) is 0 Å². The summed E-state index contributed by atoms with van der Waals surface area (Å²) >= 11 is 0. The molecule has 1 atom stereocenters. The zero-order chi connectivity index (χ0) is 12.9. The van der Waals surface area contributed by atoms with Crippen molar-refractivity contribution in [3.05, 3.63) is 35.9 Å². The number of aliphatic carboxylic acids is 1. The van der Waals surface area contributed by atoms with Crippen LogP contribution in [0.4, 0.5) is 0 Å². The molecule has 0 saturated carbocycles. The Morgan fingerprint density at radius 2 is 1.88 bits per heavy atom. The van der Waals surface area contributed by atoms with Crippen molar-refractivity contribution in [1.82, 2.24) is 5.32 Å². The van der Waals surface area contributed by atoms with Crippen LogP contribution in [0.3, 0.4) is 0 Å². The van der Waals surface area contributed by atoms with E-state index < -0.39 is 5.97 Å². The van der Waals surface area contributed by atoms with Crippen LogP contribution >= 0.6 is 0 Å². The molecule has 0 saturated heterocycles. The monoisotopic (exact) mass is 235 g/mol. The van der Waals surface area contributed by atoms with Crippen molar-refractivity contribution in [3.8, 4) is 0 Å². The van der Waals surface area contributed by atoms with E-state index in [9.17, 15) is 4.79 Å². The number of nitrogens with one attached hydrogen (secondary N) is 1. The number of carboxylic acid groups (broad SMARTS) is 1. The highest BCUT2D eigenvalue weighted by Crippen LogP contribution is 2.10.